The van der Waals surface area contributed by atoms with Crippen LogP contribution in [-0.2, 0) is 4.79 Å². The van der Waals surface area contributed by atoms with Crippen molar-refractivity contribution in [3.8, 4) is 11.5 Å². The van der Waals surface area contributed by atoms with E-state index in [0.717, 1.165) is 32.0 Å². The zero-order chi connectivity index (χ0) is 21.9. The molecule has 5 rings (SSSR count). The molecule has 2 aromatic rings. The molecule has 0 bridgehead atoms. The highest BCUT2D eigenvalue weighted by atomic mass is 32.2. The van der Waals surface area contributed by atoms with Gasteiger partial charge in [0, 0.05) is 43.1 Å². The molecule has 1 aliphatic carbocycles. The zero-order valence-corrected chi connectivity index (χ0v) is 18.5. The first kappa shape index (κ1) is 21.1. The predicted octanol–water partition coefficient (Wildman–Crippen LogP) is 2.90. The number of thioether (sulfide) groups is 1. The highest BCUT2D eigenvalue weighted by Gasteiger charge is 2.32. The molecule has 168 valence electrons. The van der Waals surface area contributed by atoms with E-state index in [1.54, 1.807) is 36.5 Å². The zero-order valence-electron chi connectivity index (χ0n) is 17.7. The van der Waals surface area contributed by atoms with Gasteiger partial charge in [-0.15, -0.1) is 0 Å². The summed E-state index contributed by atoms with van der Waals surface area (Å²) in [7, 11) is 0. The highest BCUT2D eigenvalue weighted by molar-refractivity contribution is 8.00. The summed E-state index contributed by atoms with van der Waals surface area (Å²) in [6.45, 7) is 2.28. The minimum Gasteiger partial charge on any atom is -0.454 e. The minimum absolute atomic E-state index is 0.123. The molecule has 1 aromatic carbocycles. The van der Waals surface area contributed by atoms with Crippen molar-refractivity contribution >= 4 is 29.3 Å². The van der Waals surface area contributed by atoms with E-state index in [0.29, 0.717) is 27.8 Å². The highest BCUT2D eigenvalue weighted by Crippen LogP contribution is 2.34. The van der Waals surface area contributed by atoms with Crippen LogP contribution in [0.1, 0.15) is 36.0 Å². The summed E-state index contributed by atoms with van der Waals surface area (Å²) in [6.07, 6.45) is 6.22. The van der Waals surface area contributed by atoms with Crippen molar-refractivity contribution in [2.24, 2.45) is 0 Å². The van der Waals surface area contributed by atoms with Crippen LogP contribution in [0.15, 0.2) is 41.6 Å². The van der Waals surface area contributed by atoms with Crippen LogP contribution in [0.3, 0.4) is 0 Å². The fraction of sp³-hybridized carbons (Fsp3) is 0.435. The third-order valence-electron chi connectivity index (χ3n) is 5.94. The number of hydrogen-bond donors (Lipinski definition) is 2. The van der Waals surface area contributed by atoms with E-state index in [-0.39, 0.29) is 30.4 Å². The number of amides is 2. The molecule has 3 heterocycles. The Morgan fingerprint density at radius 3 is 2.72 bits per heavy atom. The number of aromatic nitrogens is 1. The van der Waals surface area contributed by atoms with Crippen LogP contribution in [0, 0.1) is 0 Å². The van der Waals surface area contributed by atoms with Crippen LogP contribution >= 0.6 is 11.8 Å². The smallest absolute Gasteiger partial charge is 0.254 e. The topological polar surface area (TPSA) is 92.8 Å². The number of ether oxygens (including phenoxy) is 2. The van der Waals surface area contributed by atoms with Crippen molar-refractivity contribution in [2.45, 2.75) is 42.8 Å². The number of piperidine rings is 1. The Kier molecular flexibility index (Phi) is 6.18. The van der Waals surface area contributed by atoms with Gasteiger partial charge < -0.3 is 25.0 Å². The lowest BCUT2D eigenvalue weighted by Gasteiger charge is -2.32. The fourth-order valence-corrected chi connectivity index (χ4v) is 4.89. The lowest BCUT2D eigenvalue weighted by molar-refractivity contribution is -0.113. The third-order valence-corrected chi connectivity index (χ3v) is 6.95. The Labute approximate surface area is 191 Å². The maximum atomic E-state index is 12.9. The van der Waals surface area contributed by atoms with Gasteiger partial charge in [-0.2, -0.15) is 0 Å². The molecule has 2 aliphatic heterocycles. The number of benzene rings is 1. The minimum atomic E-state index is -0.182. The molecular weight excluding hydrogens is 428 g/mol. The van der Waals surface area contributed by atoms with E-state index >= 15 is 0 Å². The van der Waals surface area contributed by atoms with E-state index in [1.807, 2.05) is 0 Å². The molecule has 0 radical (unpaired) electrons. The van der Waals surface area contributed by atoms with Crippen molar-refractivity contribution in [2.75, 3.05) is 31.0 Å². The van der Waals surface area contributed by atoms with Crippen molar-refractivity contribution in [3.63, 3.8) is 0 Å². The number of pyridine rings is 1. The first-order valence-electron chi connectivity index (χ1n) is 11.0. The number of carbonyl (C=O) groups is 2. The molecule has 2 fully saturated rings. The first-order chi connectivity index (χ1) is 15.7. The normalized spacial score (nSPS) is 18.4. The van der Waals surface area contributed by atoms with E-state index < -0.39 is 0 Å². The van der Waals surface area contributed by atoms with Crippen LogP contribution < -0.4 is 20.1 Å². The summed E-state index contributed by atoms with van der Waals surface area (Å²) in [5.74, 6) is 1.12. The van der Waals surface area contributed by atoms with Crippen molar-refractivity contribution in [3.05, 3.63) is 42.1 Å². The molecule has 1 saturated carbocycles. The number of nitrogens with one attached hydrogen (secondary N) is 2. The maximum Gasteiger partial charge on any atom is 0.254 e. The van der Waals surface area contributed by atoms with Gasteiger partial charge in [0.2, 0.25) is 12.7 Å². The Morgan fingerprint density at radius 1 is 1.09 bits per heavy atom. The number of rotatable bonds is 7. The summed E-state index contributed by atoms with van der Waals surface area (Å²) in [6, 6.07) is 9.74. The van der Waals surface area contributed by atoms with Gasteiger partial charge in [-0.25, -0.2) is 4.98 Å². The maximum absolute atomic E-state index is 12.9. The van der Waals surface area contributed by atoms with Gasteiger partial charge in [0.15, 0.2) is 11.5 Å². The largest absolute Gasteiger partial charge is 0.454 e. The number of nitrogens with zero attached hydrogens (tertiary/aromatic N) is 2. The van der Waals surface area contributed by atoms with Crippen LogP contribution in [0.25, 0.3) is 0 Å². The molecule has 1 aromatic heterocycles. The summed E-state index contributed by atoms with van der Waals surface area (Å²) < 4.78 is 10.6. The van der Waals surface area contributed by atoms with Gasteiger partial charge in [-0.1, -0.05) is 11.8 Å². The monoisotopic (exact) mass is 454 g/mol. The third kappa shape index (κ3) is 4.99. The van der Waals surface area contributed by atoms with E-state index in [1.165, 1.54) is 24.6 Å². The van der Waals surface area contributed by atoms with Crippen molar-refractivity contribution in [1.29, 1.82) is 0 Å². The molecule has 1 saturated heterocycles. The molecule has 9 heteroatoms. The lowest BCUT2D eigenvalue weighted by Crippen LogP contribution is -2.45. The molecule has 0 unspecified atom stereocenters. The summed E-state index contributed by atoms with van der Waals surface area (Å²) >= 11 is 1.25. The number of anilines is 1. The quantitative estimate of drug-likeness (QED) is 0.622. The second-order valence-electron chi connectivity index (χ2n) is 8.28. The molecule has 32 heavy (non-hydrogen) atoms. The number of carbonyl (C=O) groups excluding carboxylic acids is 2. The van der Waals surface area contributed by atoms with Gasteiger partial charge >= 0.3 is 0 Å². The standard InChI is InChI=1S/C23H26N4O4S/c28-21(25-16-3-6-19-20(12-16)31-14-30-19)13-32-23-18(2-1-9-24-23)22(29)26-15-7-10-27(11-8-15)17-4-5-17/h1-3,6,9,12,15,17H,4-5,7-8,10-11,13-14H2,(H,25,28)(H,26,29). The van der Waals surface area contributed by atoms with Gasteiger partial charge in [-0.05, 0) is 49.9 Å². The lowest BCUT2D eigenvalue weighted by atomic mass is 10.0. The Bertz CT molecular complexity index is 1010. The van der Waals surface area contributed by atoms with Crippen molar-refractivity contribution in [1.82, 2.24) is 15.2 Å². The second kappa shape index (κ2) is 9.38. The second-order valence-corrected chi connectivity index (χ2v) is 9.24. The average Bonchev–Trinajstić information content (AvgIpc) is 3.56. The van der Waals surface area contributed by atoms with Gasteiger partial charge in [0.05, 0.1) is 11.3 Å². The number of fused-ring (bicyclic) bond motifs is 1. The van der Waals surface area contributed by atoms with Gasteiger partial charge in [0.1, 0.15) is 5.03 Å². The molecule has 0 atom stereocenters. The van der Waals surface area contributed by atoms with Gasteiger partial charge in [0.25, 0.3) is 5.91 Å². The van der Waals surface area contributed by atoms with Crippen LogP contribution in [0.2, 0.25) is 0 Å². The van der Waals surface area contributed by atoms with Crippen LogP contribution in [0.5, 0.6) is 11.5 Å². The number of hydrogen-bond acceptors (Lipinski definition) is 7. The molecule has 0 spiro atoms. The molecule has 2 N–H and O–H groups in total. The summed E-state index contributed by atoms with van der Waals surface area (Å²) in [4.78, 5) is 32.2. The van der Waals surface area contributed by atoms with E-state index in [9.17, 15) is 9.59 Å². The SMILES string of the molecule is O=C(CSc1ncccc1C(=O)NC1CCN(C2CC2)CC1)Nc1ccc2c(c1)OCO2. The van der Waals surface area contributed by atoms with Crippen LogP contribution in [-0.4, -0.2) is 59.4 Å². The average molecular weight is 455 g/mol. The van der Waals surface area contributed by atoms with E-state index in [4.69, 9.17) is 9.47 Å². The molecular formula is C23H26N4O4S. The molecule has 8 nitrogen and oxygen atoms in total. The Morgan fingerprint density at radius 2 is 1.91 bits per heavy atom. The number of likely N-dealkylation sites (tertiary alicyclic amines) is 1. The van der Waals surface area contributed by atoms with E-state index in [2.05, 4.69) is 20.5 Å². The molecule has 3 aliphatic rings. The van der Waals surface area contributed by atoms with Crippen LogP contribution in [0.4, 0.5) is 5.69 Å². The summed E-state index contributed by atoms with van der Waals surface area (Å²) in [5, 5.41) is 6.56. The van der Waals surface area contributed by atoms with Crippen molar-refractivity contribution < 1.29 is 19.1 Å². The first-order valence-corrected chi connectivity index (χ1v) is 12.0. The predicted molar refractivity (Wildman–Crippen MR) is 121 cm³/mol. The van der Waals surface area contributed by atoms with Gasteiger partial charge in [-0.3, -0.25) is 9.59 Å². The Balaban J connectivity index is 1.14. The molecule has 2 amide bonds. The fourth-order valence-electron chi connectivity index (χ4n) is 4.10. The summed E-state index contributed by atoms with van der Waals surface area (Å²) in [5.41, 5.74) is 1.15. The Hall–Kier alpha value is -2.78.